The van der Waals surface area contributed by atoms with E-state index < -0.39 is 0 Å². The van der Waals surface area contributed by atoms with Gasteiger partial charge in [-0.3, -0.25) is 10.00 Å². The van der Waals surface area contributed by atoms with Crippen LogP contribution in [0.3, 0.4) is 0 Å². The van der Waals surface area contributed by atoms with Gasteiger partial charge in [-0.1, -0.05) is 37.3 Å². The maximum Gasteiger partial charge on any atom is 0.320 e. The van der Waals surface area contributed by atoms with Gasteiger partial charge in [-0.25, -0.2) is 4.79 Å². The summed E-state index contributed by atoms with van der Waals surface area (Å²) in [5.41, 5.74) is 1.87. The first-order chi connectivity index (χ1) is 12.6. The first kappa shape index (κ1) is 18.5. The highest BCUT2D eigenvalue weighted by atomic mass is 16.5. The zero-order valence-electron chi connectivity index (χ0n) is 15.7. The lowest BCUT2D eigenvalue weighted by atomic mass is 10.0. The van der Waals surface area contributed by atoms with Gasteiger partial charge >= 0.3 is 6.03 Å². The summed E-state index contributed by atoms with van der Waals surface area (Å²) in [7, 11) is 3.57. The minimum atomic E-state index is -0.170. The summed E-state index contributed by atoms with van der Waals surface area (Å²) in [6, 6.07) is 11.9. The third-order valence-electron chi connectivity index (χ3n) is 5.22. The molecule has 2 amide bonds. The molecule has 1 saturated carbocycles. The molecular weight excluding hydrogens is 328 g/mol. The number of benzene rings is 1. The topological polar surface area (TPSA) is 68.2 Å². The first-order valence-electron chi connectivity index (χ1n) is 9.22. The molecule has 0 radical (unpaired) electrons. The van der Waals surface area contributed by atoms with Crippen molar-refractivity contribution in [3.05, 3.63) is 36.4 Å². The highest BCUT2D eigenvalue weighted by Crippen LogP contribution is 2.33. The molecule has 0 spiro atoms. The normalized spacial score (nSPS) is 22.3. The zero-order valence-corrected chi connectivity index (χ0v) is 15.7. The Morgan fingerprint density at radius 1 is 1.31 bits per heavy atom. The van der Waals surface area contributed by atoms with Crippen LogP contribution >= 0.6 is 0 Å². The summed E-state index contributed by atoms with van der Waals surface area (Å²) in [5.74, 6) is 1.79. The average Bonchev–Trinajstić information content (AvgIpc) is 3.17. The summed E-state index contributed by atoms with van der Waals surface area (Å²) in [4.78, 5) is 12.4. The number of hydrogen-bond acceptors (Lipinski definition) is 3. The second-order valence-corrected chi connectivity index (χ2v) is 7.21. The van der Waals surface area contributed by atoms with E-state index in [0.29, 0.717) is 17.7 Å². The van der Waals surface area contributed by atoms with Crippen molar-refractivity contribution in [3.63, 3.8) is 0 Å². The number of carbonyl (C=O) groups excluding carboxylic acids is 1. The second-order valence-electron chi connectivity index (χ2n) is 7.21. The Morgan fingerprint density at radius 2 is 2.08 bits per heavy atom. The van der Waals surface area contributed by atoms with E-state index in [2.05, 4.69) is 22.7 Å². The van der Waals surface area contributed by atoms with Gasteiger partial charge in [0, 0.05) is 38.4 Å². The fourth-order valence-electron chi connectivity index (χ4n) is 3.75. The van der Waals surface area contributed by atoms with Crippen LogP contribution < -0.4 is 10.6 Å². The van der Waals surface area contributed by atoms with E-state index in [9.17, 15) is 4.79 Å². The second kappa shape index (κ2) is 8.36. The van der Waals surface area contributed by atoms with Crippen molar-refractivity contribution >= 4 is 11.8 Å². The Hall–Kier alpha value is -2.34. The predicted molar refractivity (Wildman–Crippen MR) is 103 cm³/mol. The van der Waals surface area contributed by atoms with E-state index in [0.717, 1.165) is 37.1 Å². The molecule has 1 fully saturated rings. The number of rotatable bonds is 6. The summed E-state index contributed by atoms with van der Waals surface area (Å²) < 4.78 is 6.87. The monoisotopic (exact) mass is 356 g/mol. The van der Waals surface area contributed by atoms with Crippen molar-refractivity contribution < 1.29 is 9.53 Å². The Balaban J connectivity index is 1.58. The molecule has 1 unspecified atom stereocenters. The number of aromatic nitrogens is 2. The Labute approximate surface area is 154 Å². The lowest BCUT2D eigenvalue weighted by molar-refractivity contribution is 0.177. The number of amides is 2. The molecule has 3 rings (SSSR count). The van der Waals surface area contributed by atoms with E-state index in [4.69, 9.17) is 4.74 Å². The van der Waals surface area contributed by atoms with Crippen molar-refractivity contribution in [1.29, 1.82) is 0 Å². The molecule has 1 aromatic heterocycles. The van der Waals surface area contributed by atoms with Gasteiger partial charge in [-0.2, -0.15) is 5.10 Å². The lowest BCUT2D eigenvalue weighted by Gasteiger charge is -2.17. The summed E-state index contributed by atoms with van der Waals surface area (Å²) in [5, 5.41) is 10.5. The van der Waals surface area contributed by atoms with Gasteiger partial charge in [-0.05, 0) is 31.1 Å². The van der Waals surface area contributed by atoms with Gasteiger partial charge in [0.15, 0.2) is 0 Å². The Kier molecular flexibility index (Phi) is 5.93. The quantitative estimate of drug-likeness (QED) is 0.830. The number of urea groups is 1. The average molecular weight is 356 g/mol. The van der Waals surface area contributed by atoms with Crippen LogP contribution in [-0.4, -0.2) is 35.6 Å². The van der Waals surface area contributed by atoms with Crippen LogP contribution in [0.25, 0.3) is 11.3 Å². The third kappa shape index (κ3) is 4.43. The van der Waals surface area contributed by atoms with Gasteiger partial charge < -0.3 is 10.1 Å². The van der Waals surface area contributed by atoms with Crippen molar-refractivity contribution in [2.24, 2.45) is 18.9 Å². The molecular formula is C20H28N4O2. The first-order valence-corrected chi connectivity index (χ1v) is 9.22. The summed E-state index contributed by atoms with van der Waals surface area (Å²) in [6.07, 6.45) is 3.21. The predicted octanol–water partition coefficient (Wildman–Crippen LogP) is 3.66. The molecule has 1 heterocycles. The fourth-order valence-corrected chi connectivity index (χ4v) is 3.75. The Morgan fingerprint density at radius 3 is 2.81 bits per heavy atom. The largest absolute Gasteiger partial charge is 0.385 e. The van der Waals surface area contributed by atoms with Crippen LogP contribution in [0.5, 0.6) is 0 Å². The molecule has 140 valence electrons. The van der Waals surface area contributed by atoms with E-state index >= 15 is 0 Å². The van der Waals surface area contributed by atoms with E-state index in [1.165, 1.54) is 0 Å². The minimum Gasteiger partial charge on any atom is -0.385 e. The van der Waals surface area contributed by atoms with Crippen molar-refractivity contribution in [2.75, 3.05) is 19.0 Å². The molecule has 2 N–H and O–H groups in total. The molecule has 26 heavy (non-hydrogen) atoms. The smallest absolute Gasteiger partial charge is 0.320 e. The number of nitrogens with zero attached hydrogens (tertiary/aromatic N) is 2. The number of hydrogen-bond donors (Lipinski definition) is 2. The van der Waals surface area contributed by atoms with E-state index in [1.54, 1.807) is 11.8 Å². The molecule has 0 saturated heterocycles. The van der Waals surface area contributed by atoms with Gasteiger partial charge in [0.25, 0.3) is 0 Å². The number of aryl methyl sites for hydroxylation is 1. The number of ether oxygens (including phenoxy) is 1. The standard InChI is InChI=1S/C20H28N4O2/c1-14-11-15(9-10-26-3)12-17(14)21-20(25)22-19-13-18(23-24(19)2)16-7-5-4-6-8-16/h4-8,13-15,17H,9-12H2,1-3H3,(H2,21,22,25)/t14-,15?,17-/m1/s1. The van der Waals surface area contributed by atoms with Crippen LogP contribution in [0, 0.1) is 11.8 Å². The maximum absolute atomic E-state index is 12.4. The number of carbonyl (C=O) groups is 1. The van der Waals surface area contributed by atoms with Crippen molar-refractivity contribution in [2.45, 2.75) is 32.2 Å². The number of methoxy groups -OCH3 is 1. The summed E-state index contributed by atoms with van der Waals surface area (Å²) >= 11 is 0. The van der Waals surface area contributed by atoms with Crippen LogP contribution in [0.1, 0.15) is 26.2 Å². The molecule has 3 atom stereocenters. The molecule has 0 bridgehead atoms. The van der Waals surface area contributed by atoms with Gasteiger partial charge in [-0.15, -0.1) is 0 Å². The molecule has 2 aromatic rings. The maximum atomic E-state index is 12.4. The van der Waals surface area contributed by atoms with Crippen LogP contribution in [-0.2, 0) is 11.8 Å². The molecule has 1 aliphatic carbocycles. The van der Waals surface area contributed by atoms with Crippen LogP contribution in [0.4, 0.5) is 10.6 Å². The number of anilines is 1. The molecule has 6 nitrogen and oxygen atoms in total. The third-order valence-corrected chi connectivity index (χ3v) is 5.22. The van der Waals surface area contributed by atoms with Gasteiger partial charge in [0.1, 0.15) is 5.82 Å². The van der Waals surface area contributed by atoms with Crippen LogP contribution in [0.2, 0.25) is 0 Å². The van der Waals surface area contributed by atoms with E-state index in [-0.39, 0.29) is 12.1 Å². The summed E-state index contributed by atoms with van der Waals surface area (Å²) in [6.45, 7) is 2.99. The SMILES string of the molecule is COCCC1C[C@@H](C)[C@H](NC(=O)Nc2cc(-c3ccccc3)nn2C)C1. The lowest BCUT2D eigenvalue weighted by Crippen LogP contribution is -2.39. The Bertz CT molecular complexity index is 729. The van der Waals surface area contributed by atoms with Crippen LogP contribution in [0.15, 0.2) is 36.4 Å². The van der Waals surface area contributed by atoms with Gasteiger partial charge in [0.2, 0.25) is 0 Å². The number of nitrogens with one attached hydrogen (secondary N) is 2. The van der Waals surface area contributed by atoms with Crippen molar-refractivity contribution in [1.82, 2.24) is 15.1 Å². The van der Waals surface area contributed by atoms with Gasteiger partial charge in [0.05, 0.1) is 5.69 Å². The fraction of sp³-hybridized carbons (Fsp3) is 0.500. The highest BCUT2D eigenvalue weighted by molar-refractivity contribution is 5.89. The minimum absolute atomic E-state index is 0.170. The molecule has 6 heteroatoms. The zero-order chi connectivity index (χ0) is 18.5. The van der Waals surface area contributed by atoms with E-state index in [1.807, 2.05) is 43.4 Å². The highest BCUT2D eigenvalue weighted by Gasteiger charge is 2.32. The molecule has 1 aliphatic rings. The molecule has 1 aromatic carbocycles. The molecule has 0 aliphatic heterocycles. The van der Waals surface area contributed by atoms with Crippen molar-refractivity contribution in [3.8, 4) is 11.3 Å².